The van der Waals surface area contributed by atoms with Crippen molar-refractivity contribution >= 4 is 17.7 Å². The lowest BCUT2D eigenvalue weighted by Crippen LogP contribution is -2.32. The molecule has 1 heterocycles. The molecule has 176 valence electrons. The second-order valence-corrected chi connectivity index (χ2v) is 11.1. The number of benzene rings is 1. The first kappa shape index (κ1) is 26.1. The van der Waals surface area contributed by atoms with Crippen LogP contribution in [0.1, 0.15) is 109 Å². The van der Waals surface area contributed by atoms with Gasteiger partial charge in [0, 0.05) is 5.56 Å². The smallest absolute Gasteiger partial charge is 0.138 e. The van der Waals surface area contributed by atoms with Crippen molar-refractivity contribution < 1.29 is 9.84 Å². The Morgan fingerprint density at radius 2 is 1.45 bits per heavy atom. The predicted octanol–water partition coefficient (Wildman–Crippen LogP) is 9.27. The van der Waals surface area contributed by atoms with E-state index in [0.717, 1.165) is 53.0 Å². The van der Waals surface area contributed by atoms with Crippen molar-refractivity contribution in [3.05, 3.63) is 27.8 Å². The number of hydrogen-bond donors (Lipinski definition) is 1. The molecule has 0 bridgehead atoms. The second kappa shape index (κ2) is 11.6. The van der Waals surface area contributed by atoms with E-state index in [0.29, 0.717) is 5.02 Å². The predicted molar refractivity (Wildman–Crippen MR) is 135 cm³/mol. The molecule has 2 rings (SSSR count). The number of phenolic OH excluding ortho intramolecular Hbond substituents is 1. The maximum Gasteiger partial charge on any atom is 0.138 e. The maximum atomic E-state index is 10.2. The lowest BCUT2D eigenvalue weighted by Gasteiger charge is -2.34. The fraction of sp³-hybridized carbons (Fsp3) is 0.714. The molecule has 1 aliphatic rings. The van der Waals surface area contributed by atoms with Crippen LogP contribution in [0.2, 0.25) is 5.02 Å². The number of phenols is 1. The van der Waals surface area contributed by atoms with Gasteiger partial charge in [-0.25, -0.2) is 0 Å². The number of hydrogen-bond acceptors (Lipinski definition) is 2. The lowest BCUT2D eigenvalue weighted by molar-refractivity contribution is 0.121. The van der Waals surface area contributed by atoms with E-state index in [1.165, 1.54) is 44.9 Å². The highest BCUT2D eigenvalue weighted by Gasteiger charge is 2.31. The van der Waals surface area contributed by atoms with E-state index in [1.807, 2.05) is 19.9 Å². The Labute approximate surface area is 196 Å². The first-order valence-electron chi connectivity index (χ1n) is 12.4. The molecule has 1 aromatic carbocycles. The first-order chi connectivity index (χ1) is 14.5. The first-order valence-corrected chi connectivity index (χ1v) is 12.8. The minimum atomic E-state index is -0.310. The van der Waals surface area contributed by atoms with E-state index in [1.54, 1.807) is 0 Å². The van der Waals surface area contributed by atoms with Crippen LogP contribution in [0.3, 0.4) is 0 Å². The van der Waals surface area contributed by atoms with E-state index in [2.05, 4.69) is 40.7 Å². The fourth-order valence-corrected chi connectivity index (χ4v) is 4.95. The van der Waals surface area contributed by atoms with Crippen molar-refractivity contribution in [3.8, 4) is 11.5 Å². The van der Waals surface area contributed by atoms with E-state index < -0.39 is 0 Å². The van der Waals surface area contributed by atoms with Crippen LogP contribution < -0.4 is 4.74 Å². The van der Waals surface area contributed by atoms with Gasteiger partial charge in [-0.2, -0.15) is 0 Å². The van der Waals surface area contributed by atoms with Crippen LogP contribution in [0.25, 0.3) is 6.08 Å². The normalized spacial score (nSPS) is 19.9. The molecule has 0 spiro atoms. The van der Waals surface area contributed by atoms with Gasteiger partial charge in [-0.3, -0.25) is 0 Å². The molecule has 3 atom stereocenters. The zero-order chi connectivity index (χ0) is 23.2. The van der Waals surface area contributed by atoms with Gasteiger partial charge in [0.1, 0.15) is 17.1 Å². The van der Waals surface area contributed by atoms with Gasteiger partial charge < -0.3 is 9.84 Å². The summed E-state index contributed by atoms with van der Waals surface area (Å²) in [5.74, 6) is 3.45. The Bertz CT molecular complexity index is 752. The maximum absolute atomic E-state index is 10.2. The van der Waals surface area contributed by atoms with E-state index in [9.17, 15) is 5.11 Å². The molecule has 0 aliphatic carbocycles. The average Bonchev–Trinajstić information content (AvgIpc) is 2.70. The highest BCUT2D eigenvalue weighted by atomic mass is 35.5. The molecule has 2 nitrogen and oxygen atoms in total. The Hall–Kier alpha value is -1.15. The number of rotatable bonds is 12. The number of aromatic hydroxyl groups is 1. The Morgan fingerprint density at radius 3 is 2.03 bits per heavy atom. The van der Waals surface area contributed by atoms with E-state index in [4.69, 9.17) is 16.3 Å². The summed E-state index contributed by atoms with van der Waals surface area (Å²) in [5.41, 5.74) is 2.27. The quantitative estimate of drug-likeness (QED) is 0.345. The van der Waals surface area contributed by atoms with Crippen LogP contribution in [0.4, 0.5) is 0 Å². The van der Waals surface area contributed by atoms with Crippen LogP contribution in [0.5, 0.6) is 11.5 Å². The van der Waals surface area contributed by atoms with Crippen LogP contribution in [-0.4, -0.2) is 10.7 Å². The monoisotopic (exact) mass is 448 g/mol. The third-order valence-electron chi connectivity index (χ3n) is 7.13. The molecular weight excluding hydrogens is 404 g/mol. The van der Waals surface area contributed by atoms with E-state index >= 15 is 0 Å². The van der Waals surface area contributed by atoms with Crippen LogP contribution >= 0.6 is 11.6 Å². The molecule has 3 heteroatoms. The van der Waals surface area contributed by atoms with Gasteiger partial charge in [-0.1, -0.05) is 84.2 Å². The molecule has 0 fully saturated rings. The highest BCUT2D eigenvalue weighted by molar-refractivity contribution is 6.34. The second-order valence-electron chi connectivity index (χ2n) is 10.8. The molecule has 0 saturated heterocycles. The van der Waals surface area contributed by atoms with Gasteiger partial charge >= 0.3 is 0 Å². The van der Waals surface area contributed by atoms with Gasteiger partial charge in [-0.15, -0.1) is 0 Å². The van der Waals surface area contributed by atoms with E-state index in [-0.39, 0.29) is 11.4 Å². The molecule has 0 unspecified atom stereocenters. The van der Waals surface area contributed by atoms with Crippen LogP contribution in [0, 0.1) is 31.6 Å². The third-order valence-corrected chi connectivity index (χ3v) is 7.51. The summed E-state index contributed by atoms with van der Waals surface area (Å²) in [5, 5.41) is 10.6. The molecular formula is C28H45ClO2. The topological polar surface area (TPSA) is 29.5 Å². The van der Waals surface area contributed by atoms with Crippen LogP contribution in [-0.2, 0) is 0 Å². The SMILES string of the molecule is Cc1c(C)c2c(c(Cl)c1O)C=C[C@@](C)(CCC[C@@H](C)CCC[C@@H](C)CCCC(C)C)O2. The van der Waals surface area contributed by atoms with Gasteiger partial charge in [0.2, 0.25) is 0 Å². The fourth-order valence-electron chi connectivity index (χ4n) is 4.66. The van der Waals surface area contributed by atoms with Crippen molar-refractivity contribution in [1.29, 1.82) is 0 Å². The molecule has 31 heavy (non-hydrogen) atoms. The van der Waals surface area contributed by atoms with Crippen molar-refractivity contribution in [3.63, 3.8) is 0 Å². The molecule has 1 aromatic rings. The standard InChI is InChI=1S/C28H45ClO2/c1-19(2)11-8-12-20(3)13-9-14-21(4)15-10-17-28(7)18-16-24-25(29)26(30)22(5)23(6)27(24)31-28/h16,18-21,30H,8-15,17H2,1-7H3/t20-,21-,28+/m0/s1. The highest BCUT2D eigenvalue weighted by Crippen LogP contribution is 2.45. The molecule has 1 N–H and O–H groups in total. The van der Waals surface area contributed by atoms with Gasteiger partial charge in [0.05, 0.1) is 5.02 Å². The summed E-state index contributed by atoms with van der Waals surface area (Å²) >= 11 is 6.36. The zero-order valence-corrected chi connectivity index (χ0v) is 21.7. The van der Waals surface area contributed by atoms with Crippen LogP contribution in [0.15, 0.2) is 6.08 Å². The summed E-state index contributed by atoms with van der Waals surface area (Å²) < 4.78 is 6.43. The van der Waals surface area contributed by atoms with Gasteiger partial charge in [0.15, 0.2) is 0 Å². The number of ether oxygens (including phenoxy) is 1. The minimum absolute atomic E-state index is 0.165. The van der Waals surface area contributed by atoms with Gasteiger partial charge in [-0.05, 0) is 74.6 Å². The molecule has 0 radical (unpaired) electrons. The Kier molecular flexibility index (Phi) is 9.80. The number of halogens is 1. The van der Waals surface area contributed by atoms with Crippen molar-refractivity contribution in [2.24, 2.45) is 17.8 Å². The lowest BCUT2D eigenvalue weighted by atomic mass is 9.89. The zero-order valence-electron chi connectivity index (χ0n) is 21.0. The largest absolute Gasteiger partial charge is 0.506 e. The summed E-state index contributed by atoms with van der Waals surface area (Å²) in [7, 11) is 0. The summed E-state index contributed by atoms with van der Waals surface area (Å²) in [6, 6.07) is 0. The molecule has 1 aliphatic heterocycles. The van der Waals surface area contributed by atoms with Crippen molar-refractivity contribution in [2.75, 3.05) is 0 Å². The van der Waals surface area contributed by atoms with Crippen molar-refractivity contribution in [1.82, 2.24) is 0 Å². The Balaban J connectivity index is 1.76. The molecule has 0 saturated carbocycles. The van der Waals surface area contributed by atoms with Gasteiger partial charge in [0.25, 0.3) is 0 Å². The summed E-state index contributed by atoms with van der Waals surface area (Å²) in [6.45, 7) is 15.5. The Morgan fingerprint density at radius 1 is 0.903 bits per heavy atom. The molecule has 0 aromatic heterocycles. The third kappa shape index (κ3) is 7.45. The summed E-state index contributed by atoms with van der Waals surface area (Å²) in [6.07, 6.45) is 15.7. The summed E-state index contributed by atoms with van der Waals surface area (Å²) in [4.78, 5) is 0. The number of fused-ring (bicyclic) bond motifs is 1. The minimum Gasteiger partial charge on any atom is -0.506 e. The molecule has 0 amide bonds. The van der Waals surface area contributed by atoms with Crippen molar-refractivity contribution in [2.45, 2.75) is 112 Å². The average molecular weight is 449 g/mol.